The van der Waals surface area contributed by atoms with Crippen LogP contribution in [-0.4, -0.2) is 30.0 Å². The summed E-state index contributed by atoms with van der Waals surface area (Å²) in [7, 11) is 1.55. The molecule has 84 valence electrons. The van der Waals surface area contributed by atoms with Crippen molar-refractivity contribution in [2.75, 3.05) is 13.9 Å². The van der Waals surface area contributed by atoms with Gasteiger partial charge in [0.25, 0.3) is 5.97 Å². The highest BCUT2D eigenvalue weighted by Gasteiger charge is 1.98. The maximum Gasteiger partial charge on any atom is 0.300 e. The van der Waals surface area contributed by atoms with Gasteiger partial charge in [-0.2, -0.15) is 0 Å². The minimum atomic E-state index is -0.833. The Balaban J connectivity index is 0.000000423. The van der Waals surface area contributed by atoms with Gasteiger partial charge >= 0.3 is 0 Å². The second kappa shape index (κ2) is 8.02. The highest BCUT2D eigenvalue weighted by Crippen LogP contribution is 2.19. The van der Waals surface area contributed by atoms with Crippen molar-refractivity contribution < 1.29 is 19.4 Å². The number of hydrogen-bond acceptors (Lipinski definition) is 4. The summed E-state index contributed by atoms with van der Waals surface area (Å²) < 4.78 is 9.76. The van der Waals surface area contributed by atoms with Gasteiger partial charge < -0.3 is 14.6 Å². The van der Waals surface area contributed by atoms with Crippen LogP contribution in [0.3, 0.4) is 0 Å². The van der Waals surface area contributed by atoms with Crippen LogP contribution >= 0.6 is 11.6 Å². The van der Waals surface area contributed by atoms with E-state index >= 15 is 0 Å². The fraction of sp³-hybridized carbons (Fsp3) is 0.333. The van der Waals surface area contributed by atoms with Gasteiger partial charge in [-0.1, -0.05) is 11.6 Å². The molecule has 0 saturated carbocycles. The van der Waals surface area contributed by atoms with Crippen molar-refractivity contribution >= 4 is 17.6 Å². The molecular weight excluding hydrogens is 222 g/mol. The lowest BCUT2D eigenvalue weighted by atomic mass is 10.5. The molecule has 0 radical (unpaired) electrons. The van der Waals surface area contributed by atoms with Crippen molar-refractivity contribution in [2.24, 2.45) is 0 Å². The van der Waals surface area contributed by atoms with Gasteiger partial charge in [0.1, 0.15) is 0 Å². The summed E-state index contributed by atoms with van der Waals surface area (Å²) in [6.07, 6.45) is 1.60. The Morgan fingerprint density at radius 1 is 1.67 bits per heavy atom. The van der Waals surface area contributed by atoms with E-state index in [0.717, 1.165) is 6.92 Å². The molecule has 5 nitrogen and oxygen atoms in total. The fourth-order valence-corrected chi connectivity index (χ4v) is 0.775. The van der Waals surface area contributed by atoms with Crippen LogP contribution in [-0.2, 0) is 9.53 Å². The number of methoxy groups -OCH3 is 1. The molecule has 1 heterocycles. The predicted molar refractivity (Wildman–Crippen MR) is 55.1 cm³/mol. The first kappa shape index (κ1) is 13.7. The molecule has 6 heteroatoms. The van der Waals surface area contributed by atoms with E-state index in [1.165, 1.54) is 0 Å². The third-order valence-electron chi connectivity index (χ3n) is 1.06. The number of aromatic nitrogens is 1. The Bertz CT molecular complexity index is 302. The molecule has 1 aromatic heterocycles. The molecule has 0 amide bonds. The summed E-state index contributed by atoms with van der Waals surface area (Å²) in [5.41, 5.74) is 0. The van der Waals surface area contributed by atoms with Crippen molar-refractivity contribution in [3.05, 3.63) is 23.5 Å². The number of hydrogen-bond donors (Lipinski definition) is 1. The average molecular weight is 234 g/mol. The van der Waals surface area contributed by atoms with E-state index in [1.54, 1.807) is 25.4 Å². The topological polar surface area (TPSA) is 68.7 Å². The van der Waals surface area contributed by atoms with Gasteiger partial charge in [-0.05, 0) is 12.1 Å². The Hall–Kier alpha value is -1.33. The Morgan fingerprint density at radius 2 is 2.27 bits per heavy atom. The summed E-state index contributed by atoms with van der Waals surface area (Å²) in [6.45, 7) is 1.27. The molecular formula is C9H12ClNO4. The van der Waals surface area contributed by atoms with Crippen molar-refractivity contribution in [3.63, 3.8) is 0 Å². The van der Waals surface area contributed by atoms with Gasteiger partial charge in [0, 0.05) is 20.2 Å². The van der Waals surface area contributed by atoms with Crippen LogP contribution in [0.2, 0.25) is 5.15 Å². The summed E-state index contributed by atoms with van der Waals surface area (Å²) in [5.74, 6) is -0.295. The Morgan fingerprint density at radius 3 is 2.73 bits per heavy atom. The standard InChI is InChI=1S/C7H8ClNO2.C2H4O2/c1-10-5-11-6-3-2-4-9-7(6)8;1-2(3)4/h2-4H,5H2,1H3;1H3,(H,3,4). The molecule has 15 heavy (non-hydrogen) atoms. The summed E-state index contributed by atoms with van der Waals surface area (Å²) >= 11 is 5.67. The number of ether oxygens (including phenoxy) is 2. The minimum Gasteiger partial charge on any atom is -0.481 e. The SMILES string of the molecule is CC(=O)O.COCOc1cccnc1Cl. The summed E-state index contributed by atoms with van der Waals surface area (Å²) in [4.78, 5) is 12.8. The van der Waals surface area contributed by atoms with Crippen molar-refractivity contribution in [2.45, 2.75) is 6.92 Å². The molecule has 0 aliphatic rings. The molecule has 1 N–H and O–H groups in total. The second-order valence-electron chi connectivity index (χ2n) is 2.36. The lowest BCUT2D eigenvalue weighted by Gasteiger charge is -2.03. The van der Waals surface area contributed by atoms with E-state index in [0.29, 0.717) is 10.9 Å². The number of pyridine rings is 1. The lowest BCUT2D eigenvalue weighted by molar-refractivity contribution is -0.134. The quantitative estimate of drug-likeness (QED) is 0.637. The van der Waals surface area contributed by atoms with Gasteiger partial charge in [0.15, 0.2) is 17.7 Å². The molecule has 0 spiro atoms. The highest BCUT2D eigenvalue weighted by atomic mass is 35.5. The van der Waals surface area contributed by atoms with Crippen molar-refractivity contribution in [1.29, 1.82) is 0 Å². The molecule has 0 aliphatic carbocycles. The summed E-state index contributed by atoms with van der Waals surface area (Å²) in [5, 5.41) is 7.77. The van der Waals surface area contributed by atoms with Crippen LogP contribution in [0.1, 0.15) is 6.92 Å². The first-order valence-electron chi connectivity index (χ1n) is 3.99. The van der Waals surface area contributed by atoms with E-state index in [-0.39, 0.29) is 6.79 Å². The zero-order chi connectivity index (χ0) is 11.7. The smallest absolute Gasteiger partial charge is 0.300 e. The second-order valence-corrected chi connectivity index (χ2v) is 2.72. The normalized spacial score (nSPS) is 8.73. The molecule has 0 atom stereocenters. The largest absolute Gasteiger partial charge is 0.481 e. The summed E-state index contributed by atoms with van der Waals surface area (Å²) in [6, 6.07) is 3.48. The molecule has 0 bridgehead atoms. The third-order valence-corrected chi connectivity index (χ3v) is 1.34. The van der Waals surface area contributed by atoms with Crippen LogP contribution in [0, 0.1) is 0 Å². The molecule has 1 rings (SSSR count). The number of carbonyl (C=O) groups is 1. The minimum absolute atomic E-state index is 0.186. The molecule has 0 aromatic carbocycles. The van der Waals surface area contributed by atoms with E-state index < -0.39 is 5.97 Å². The molecule has 0 saturated heterocycles. The van der Waals surface area contributed by atoms with Gasteiger partial charge in [-0.15, -0.1) is 0 Å². The van der Waals surface area contributed by atoms with E-state index in [2.05, 4.69) is 4.98 Å². The van der Waals surface area contributed by atoms with Crippen LogP contribution in [0.15, 0.2) is 18.3 Å². The van der Waals surface area contributed by atoms with Gasteiger partial charge in [-0.25, -0.2) is 4.98 Å². The van der Waals surface area contributed by atoms with Crippen LogP contribution in [0.4, 0.5) is 0 Å². The molecule has 0 fully saturated rings. The van der Waals surface area contributed by atoms with Gasteiger partial charge in [0.05, 0.1) is 0 Å². The van der Waals surface area contributed by atoms with Crippen molar-refractivity contribution in [1.82, 2.24) is 4.98 Å². The third kappa shape index (κ3) is 7.72. The Labute approximate surface area is 92.6 Å². The number of rotatable bonds is 3. The van der Waals surface area contributed by atoms with Crippen LogP contribution < -0.4 is 4.74 Å². The van der Waals surface area contributed by atoms with E-state index in [9.17, 15) is 0 Å². The van der Waals surface area contributed by atoms with Crippen LogP contribution in [0.25, 0.3) is 0 Å². The van der Waals surface area contributed by atoms with Gasteiger partial charge in [-0.3, -0.25) is 4.79 Å². The van der Waals surface area contributed by atoms with E-state index in [4.69, 9.17) is 31.0 Å². The first-order valence-corrected chi connectivity index (χ1v) is 4.37. The number of carboxylic acid groups (broad SMARTS) is 1. The van der Waals surface area contributed by atoms with Crippen LogP contribution in [0.5, 0.6) is 5.75 Å². The number of nitrogens with zero attached hydrogens (tertiary/aromatic N) is 1. The zero-order valence-electron chi connectivity index (χ0n) is 8.44. The number of halogens is 1. The highest BCUT2D eigenvalue weighted by molar-refractivity contribution is 6.30. The molecule has 0 unspecified atom stereocenters. The lowest BCUT2D eigenvalue weighted by Crippen LogP contribution is -1.99. The Kier molecular flexibility index (Phi) is 7.31. The fourth-order valence-electron chi connectivity index (χ4n) is 0.601. The van der Waals surface area contributed by atoms with Crippen molar-refractivity contribution in [3.8, 4) is 5.75 Å². The average Bonchev–Trinajstić information content (AvgIpc) is 2.16. The maximum absolute atomic E-state index is 9.00. The molecule has 0 aliphatic heterocycles. The zero-order valence-corrected chi connectivity index (χ0v) is 9.19. The van der Waals surface area contributed by atoms with E-state index in [1.807, 2.05) is 0 Å². The first-order chi connectivity index (χ1) is 7.07. The maximum atomic E-state index is 9.00. The predicted octanol–water partition coefficient (Wildman–Crippen LogP) is 1.81. The monoisotopic (exact) mass is 233 g/mol. The molecule has 1 aromatic rings. The number of carboxylic acids is 1. The number of aliphatic carboxylic acids is 1. The van der Waals surface area contributed by atoms with Gasteiger partial charge in [0.2, 0.25) is 0 Å².